The fourth-order valence-corrected chi connectivity index (χ4v) is 5.31. The van der Waals surface area contributed by atoms with Crippen LogP contribution in [0.2, 0.25) is 5.02 Å². The number of sulfonamides is 1. The third-order valence-corrected chi connectivity index (χ3v) is 7.87. The Balaban J connectivity index is 1.52. The highest BCUT2D eigenvalue weighted by Crippen LogP contribution is 2.24. The minimum Gasteiger partial charge on any atom is -0.351 e. The number of carbonyl (C=O) groups excluding carboxylic acids is 1. The minimum absolute atomic E-state index is 0.193. The first-order chi connectivity index (χ1) is 15.3. The zero-order valence-electron chi connectivity index (χ0n) is 17.3. The Morgan fingerprint density at radius 3 is 2.38 bits per heavy atom. The van der Waals surface area contributed by atoms with E-state index in [0.717, 1.165) is 0 Å². The van der Waals surface area contributed by atoms with Crippen LogP contribution in [0.1, 0.15) is 15.9 Å². The molecule has 168 valence electrons. The van der Waals surface area contributed by atoms with Gasteiger partial charge in [-0.05, 0) is 48.5 Å². The monoisotopic (exact) mass is 492 g/mol. The fourth-order valence-electron chi connectivity index (χ4n) is 2.90. The van der Waals surface area contributed by atoms with E-state index in [1.54, 1.807) is 54.6 Å². The Kier molecular flexibility index (Phi) is 8.17. The molecular formula is C23H22ClFN2O3S2. The molecule has 0 saturated heterocycles. The molecule has 0 heterocycles. The number of amides is 1. The molecule has 0 bridgehead atoms. The molecule has 0 unspecified atom stereocenters. The molecule has 1 N–H and O–H groups in total. The lowest BCUT2D eigenvalue weighted by atomic mass is 10.2. The molecule has 3 aromatic carbocycles. The van der Waals surface area contributed by atoms with E-state index in [2.05, 4.69) is 5.32 Å². The van der Waals surface area contributed by atoms with Gasteiger partial charge >= 0.3 is 0 Å². The molecule has 0 saturated carbocycles. The van der Waals surface area contributed by atoms with Gasteiger partial charge in [0.25, 0.3) is 15.9 Å². The average molecular weight is 493 g/mol. The van der Waals surface area contributed by atoms with Gasteiger partial charge < -0.3 is 5.32 Å². The van der Waals surface area contributed by atoms with Gasteiger partial charge in [-0.1, -0.05) is 35.9 Å². The summed E-state index contributed by atoms with van der Waals surface area (Å²) in [6.45, 7) is 0.402. The molecule has 3 rings (SSSR count). The summed E-state index contributed by atoms with van der Waals surface area (Å²) in [5.41, 5.74) is 1.32. The molecular weight excluding hydrogens is 471 g/mol. The van der Waals surface area contributed by atoms with Gasteiger partial charge in [0.1, 0.15) is 5.82 Å². The number of carbonyl (C=O) groups is 1. The van der Waals surface area contributed by atoms with Gasteiger partial charge in [-0.2, -0.15) is 11.8 Å². The van der Waals surface area contributed by atoms with Gasteiger partial charge in [-0.3, -0.25) is 9.10 Å². The number of nitrogens with one attached hydrogen (secondary N) is 1. The number of hydrogen-bond acceptors (Lipinski definition) is 4. The van der Waals surface area contributed by atoms with E-state index in [9.17, 15) is 17.6 Å². The number of thioether (sulfide) groups is 1. The van der Waals surface area contributed by atoms with Crippen LogP contribution in [-0.2, 0) is 15.8 Å². The van der Waals surface area contributed by atoms with Crippen LogP contribution in [0.4, 0.5) is 10.1 Å². The van der Waals surface area contributed by atoms with Gasteiger partial charge in [0.15, 0.2) is 0 Å². The van der Waals surface area contributed by atoms with Crippen LogP contribution in [0, 0.1) is 5.82 Å². The highest BCUT2D eigenvalue weighted by Gasteiger charge is 2.21. The largest absolute Gasteiger partial charge is 0.351 e. The summed E-state index contributed by atoms with van der Waals surface area (Å²) in [6, 6.07) is 19.1. The van der Waals surface area contributed by atoms with Crippen molar-refractivity contribution in [3.8, 4) is 0 Å². The van der Waals surface area contributed by atoms with Crippen molar-refractivity contribution >= 4 is 45.0 Å². The van der Waals surface area contributed by atoms with Gasteiger partial charge in [-0.25, -0.2) is 12.8 Å². The molecule has 1 amide bonds. The molecule has 0 aromatic heterocycles. The molecule has 0 atom stereocenters. The maximum absolute atomic E-state index is 13.8. The Labute approximate surface area is 196 Å². The Morgan fingerprint density at radius 2 is 1.72 bits per heavy atom. The summed E-state index contributed by atoms with van der Waals surface area (Å²) >= 11 is 7.47. The minimum atomic E-state index is -3.68. The molecule has 32 heavy (non-hydrogen) atoms. The maximum atomic E-state index is 13.8. The number of anilines is 1. The molecule has 0 aliphatic rings. The van der Waals surface area contributed by atoms with E-state index in [4.69, 9.17) is 11.6 Å². The molecule has 0 spiro atoms. The zero-order chi connectivity index (χ0) is 23.1. The first-order valence-electron chi connectivity index (χ1n) is 9.73. The highest BCUT2D eigenvalue weighted by molar-refractivity contribution is 7.98. The van der Waals surface area contributed by atoms with Crippen molar-refractivity contribution < 1.29 is 17.6 Å². The number of halogens is 2. The second-order valence-corrected chi connectivity index (χ2v) is 10.3. The number of rotatable bonds is 9. The van der Waals surface area contributed by atoms with E-state index in [0.29, 0.717) is 39.9 Å². The zero-order valence-corrected chi connectivity index (χ0v) is 19.7. The first kappa shape index (κ1) is 24.1. The summed E-state index contributed by atoms with van der Waals surface area (Å²) in [5.74, 6) is 0.396. The topological polar surface area (TPSA) is 66.5 Å². The molecule has 0 aliphatic carbocycles. The quantitative estimate of drug-likeness (QED) is 0.428. The Hall–Kier alpha value is -2.55. The fraction of sp³-hybridized carbons (Fsp3) is 0.174. The van der Waals surface area contributed by atoms with Gasteiger partial charge in [0.05, 0.1) is 10.6 Å². The van der Waals surface area contributed by atoms with Gasteiger partial charge in [-0.15, -0.1) is 0 Å². The average Bonchev–Trinajstić information content (AvgIpc) is 2.80. The van der Waals surface area contributed by atoms with Crippen LogP contribution in [0.15, 0.2) is 77.7 Å². The van der Waals surface area contributed by atoms with Crippen molar-refractivity contribution in [2.24, 2.45) is 0 Å². The number of nitrogens with zero attached hydrogens (tertiary/aromatic N) is 1. The lowest BCUT2D eigenvalue weighted by Crippen LogP contribution is -2.27. The lowest BCUT2D eigenvalue weighted by Gasteiger charge is -2.19. The van der Waals surface area contributed by atoms with E-state index < -0.39 is 10.0 Å². The van der Waals surface area contributed by atoms with Crippen molar-refractivity contribution in [1.29, 1.82) is 0 Å². The van der Waals surface area contributed by atoms with Crippen LogP contribution in [-0.4, -0.2) is 33.7 Å². The summed E-state index contributed by atoms with van der Waals surface area (Å²) in [4.78, 5) is 12.5. The van der Waals surface area contributed by atoms with E-state index in [1.165, 1.54) is 41.3 Å². The summed E-state index contributed by atoms with van der Waals surface area (Å²) in [5, 5.41) is 3.19. The number of benzene rings is 3. The Bertz CT molecular complexity index is 1150. The van der Waals surface area contributed by atoms with E-state index in [1.807, 2.05) is 0 Å². The van der Waals surface area contributed by atoms with E-state index >= 15 is 0 Å². The molecule has 3 aromatic rings. The van der Waals surface area contributed by atoms with Crippen LogP contribution in [0.25, 0.3) is 0 Å². The van der Waals surface area contributed by atoms with Crippen molar-refractivity contribution in [3.63, 3.8) is 0 Å². The Morgan fingerprint density at radius 1 is 1.03 bits per heavy atom. The van der Waals surface area contributed by atoms with Crippen LogP contribution in [0.5, 0.6) is 0 Å². The standard InChI is InChI=1S/C23H22ClFN2O3S2/c1-27(32(29,30)19-6-3-2-4-7-19)18-12-10-17(11-13-18)23(28)26-14-15-31-16-20-21(24)8-5-9-22(20)25/h2-13H,14-16H2,1H3,(H,26,28). The summed E-state index contributed by atoms with van der Waals surface area (Å²) < 4.78 is 40.4. The molecule has 0 radical (unpaired) electrons. The van der Waals surface area contributed by atoms with E-state index in [-0.39, 0.29) is 16.6 Å². The highest BCUT2D eigenvalue weighted by atomic mass is 35.5. The normalized spacial score (nSPS) is 11.2. The molecule has 9 heteroatoms. The third kappa shape index (κ3) is 5.82. The maximum Gasteiger partial charge on any atom is 0.264 e. The molecule has 0 fully saturated rings. The predicted molar refractivity (Wildman–Crippen MR) is 128 cm³/mol. The van der Waals surface area contributed by atoms with Crippen LogP contribution < -0.4 is 9.62 Å². The summed E-state index contributed by atoms with van der Waals surface area (Å²) in [7, 11) is -2.21. The summed E-state index contributed by atoms with van der Waals surface area (Å²) in [6.07, 6.45) is 0. The predicted octanol–water partition coefficient (Wildman–Crippen LogP) is 4.97. The van der Waals surface area contributed by atoms with Crippen molar-refractivity contribution in [2.45, 2.75) is 10.6 Å². The van der Waals surface area contributed by atoms with Crippen molar-refractivity contribution in [1.82, 2.24) is 5.32 Å². The number of hydrogen-bond donors (Lipinski definition) is 1. The second-order valence-electron chi connectivity index (χ2n) is 6.84. The SMILES string of the molecule is CN(c1ccc(C(=O)NCCSCc2c(F)cccc2Cl)cc1)S(=O)(=O)c1ccccc1. The van der Waals surface area contributed by atoms with Crippen molar-refractivity contribution in [3.05, 3.63) is 94.8 Å². The third-order valence-electron chi connectivity index (χ3n) is 4.73. The van der Waals surface area contributed by atoms with Crippen LogP contribution >= 0.6 is 23.4 Å². The lowest BCUT2D eigenvalue weighted by molar-refractivity contribution is 0.0956. The second kappa shape index (κ2) is 10.8. The molecule has 5 nitrogen and oxygen atoms in total. The smallest absolute Gasteiger partial charge is 0.264 e. The van der Waals surface area contributed by atoms with Gasteiger partial charge in [0.2, 0.25) is 0 Å². The van der Waals surface area contributed by atoms with Gasteiger partial charge in [0, 0.05) is 41.2 Å². The van der Waals surface area contributed by atoms with Crippen molar-refractivity contribution in [2.75, 3.05) is 23.7 Å². The molecule has 0 aliphatic heterocycles. The van der Waals surface area contributed by atoms with Crippen LogP contribution in [0.3, 0.4) is 0 Å². The first-order valence-corrected chi connectivity index (χ1v) is 12.7.